The van der Waals surface area contributed by atoms with Crippen LogP contribution in [0.15, 0.2) is 0 Å². The predicted molar refractivity (Wildman–Crippen MR) is 46.9 cm³/mol. The van der Waals surface area contributed by atoms with Crippen molar-refractivity contribution in [3.8, 4) is 0 Å². The lowest BCUT2D eigenvalue weighted by atomic mass is 10.5. The van der Waals surface area contributed by atoms with Crippen molar-refractivity contribution >= 4 is 0 Å². The molecule has 6 heteroatoms. The fraction of sp³-hybridized carbons (Fsp3) is 1.00. The molecule has 0 aliphatic heterocycles. The van der Waals surface area contributed by atoms with Crippen molar-refractivity contribution in [1.29, 1.82) is 0 Å². The summed E-state index contributed by atoms with van der Waals surface area (Å²) < 4.78 is 0. The minimum Gasteiger partial charge on any atom is -0.394 e. The molecule has 0 amide bonds. The van der Waals surface area contributed by atoms with Crippen LogP contribution in [0.3, 0.4) is 0 Å². The fourth-order valence-corrected chi connectivity index (χ4v) is 0. The van der Waals surface area contributed by atoms with Crippen molar-refractivity contribution in [3.63, 3.8) is 0 Å². The van der Waals surface area contributed by atoms with E-state index in [4.69, 9.17) is 30.6 Å². The molecule has 0 spiro atoms. The van der Waals surface area contributed by atoms with Gasteiger partial charge in [-0.3, -0.25) is 0 Å². The van der Waals surface area contributed by atoms with Crippen LogP contribution >= 0.6 is 0 Å². The van der Waals surface area contributed by atoms with Gasteiger partial charge in [0.05, 0.1) is 26.4 Å². The highest BCUT2D eigenvalue weighted by Crippen LogP contribution is 1.77. The van der Waals surface area contributed by atoms with E-state index in [1.54, 1.807) is 6.92 Å². The molecule has 13 heavy (non-hydrogen) atoms. The van der Waals surface area contributed by atoms with E-state index in [0.717, 1.165) is 0 Å². The minimum atomic E-state index is -1.12. The number of hydrogen-bond donors (Lipinski definition) is 6. The van der Waals surface area contributed by atoms with E-state index in [1.807, 2.05) is 0 Å². The molecular formula is C7H20O6. The van der Waals surface area contributed by atoms with Gasteiger partial charge in [-0.05, 0) is 6.42 Å². The average molecular weight is 200 g/mol. The third-order valence-corrected chi connectivity index (χ3v) is 0.565. The molecule has 0 aromatic heterocycles. The molecule has 0 saturated carbocycles. The lowest BCUT2D eigenvalue weighted by Crippen LogP contribution is -1.99. The van der Waals surface area contributed by atoms with E-state index in [9.17, 15) is 0 Å². The third-order valence-electron chi connectivity index (χ3n) is 0.565. The van der Waals surface area contributed by atoms with Crippen molar-refractivity contribution in [2.24, 2.45) is 0 Å². The maximum Gasteiger partial charge on any atom is 0.151 e. The Bertz CT molecular complexity index is 50.9. The smallest absolute Gasteiger partial charge is 0.151 e. The van der Waals surface area contributed by atoms with Crippen LogP contribution in [0.5, 0.6) is 0 Å². The molecule has 0 aromatic rings. The van der Waals surface area contributed by atoms with E-state index in [0.29, 0.717) is 6.42 Å². The van der Waals surface area contributed by atoms with Crippen molar-refractivity contribution in [1.82, 2.24) is 0 Å². The van der Waals surface area contributed by atoms with E-state index in [-0.39, 0.29) is 26.4 Å². The van der Waals surface area contributed by atoms with Crippen LogP contribution in [0.2, 0.25) is 0 Å². The second kappa shape index (κ2) is 22.6. The lowest BCUT2D eigenvalue weighted by Gasteiger charge is -1.90. The van der Waals surface area contributed by atoms with Gasteiger partial charge in [-0.25, -0.2) is 0 Å². The molecule has 84 valence electrons. The zero-order valence-corrected chi connectivity index (χ0v) is 7.80. The highest BCUT2D eigenvalue weighted by molar-refractivity contribution is 4.21. The van der Waals surface area contributed by atoms with Crippen molar-refractivity contribution in [2.45, 2.75) is 19.6 Å². The number of hydrogen-bond acceptors (Lipinski definition) is 6. The van der Waals surface area contributed by atoms with Crippen LogP contribution in [0, 0.1) is 0 Å². The number of rotatable bonds is 3. The first-order valence-electron chi connectivity index (χ1n) is 3.90. The minimum absolute atomic E-state index is 0.125. The molecule has 0 aromatic carbocycles. The van der Waals surface area contributed by atoms with Gasteiger partial charge >= 0.3 is 0 Å². The normalized spacial score (nSPS) is 8.31. The third kappa shape index (κ3) is 79.2. The van der Waals surface area contributed by atoms with Gasteiger partial charge in [0.25, 0.3) is 0 Å². The summed E-state index contributed by atoms with van der Waals surface area (Å²) in [5.74, 6) is 0. The zero-order chi connectivity index (χ0) is 11.1. The Balaban J connectivity index is -0.000000117. The Morgan fingerprint density at radius 2 is 0.923 bits per heavy atom. The summed E-state index contributed by atoms with van der Waals surface area (Å²) in [5.41, 5.74) is 0. The molecule has 0 saturated heterocycles. The van der Waals surface area contributed by atoms with Crippen molar-refractivity contribution in [2.75, 3.05) is 26.4 Å². The molecule has 0 aliphatic carbocycles. The van der Waals surface area contributed by atoms with Gasteiger partial charge in [0.1, 0.15) is 0 Å². The van der Waals surface area contributed by atoms with Gasteiger partial charge in [0.15, 0.2) is 6.29 Å². The van der Waals surface area contributed by atoms with Crippen LogP contribution in [0.25, 0.3) is 0 Å². The first-order chi connectivity index (χ1) is 6.10. The van der Waals surface area contributed by atoms with Crippen LogP contribution < -0.4 is 0 Å². The van der Waals surface area contributed by atoms with Crippen molar-refractivity contribution < 1.29 is 30.6 Å². The SMILES string of the molecule is CCC(O)O.OCCO.OCCO. The Labute approximate surface area is 77.7 Å². The molecule has 0 heterocycles. The second-order valence-electron chi connectivity index (χ2n) is 1.78. The number of aliphatic hydroxyl groups is 6. The summed E-state index contributed by atoms with van der Waals surface area (Å²) in [6.07, 6.45) is -0.699. The largest absolute Gasteiger partial charge is 0.394 e. The molecule has 0 atom stereocenters. The molecular weight excluding hydrogens is 180 g/mol. The Morgan fingerprint density at radius 3 is 0.923 bits per heavy atom. The van der Waals surface area contributed by atoms with Gasteiger partial charge < -0.3 is 30.6 Å². The maximum atomic E-state index is 7.92. The van der Waals surface area contributed by atoms with Gasteiger partial charge in [-0.15, -0.1) is 0 Å². The fourth-order valence-electron chi connectivity index (χ4n) is 0. The van der Waals surface area contributed by atoms with Crippen LogP contribution in [0.4, 0.5) is 0 Å². The second-order valence-corrected chi connectivity index (χ2v) is 1.78. The molecule has 6 nitrogen and oxygen atoms in total. The Hall–Kier alpha value is -0.240. The standard InChI is InChI=1S/C3H8O2.2C2H6O2/c1-2-3(4)5;2*3-1-2-4/h3-5H,2H2,1H3;2*3-4H,1-2H2. The monoisotopic (exact) mass is 200 g/mol. The summed E-state index contributed by atoms with van der Waals surface area (Å²) in [6, 6.07) is 0. The summed E-state index contributed by atoms with van der Waals surface area (Å²) in [7, 11) is 0. The van der Waals surface area contributed by atoms with E-state index >= 15 is 0 Å². The lowest BCUT2D eigenvalue weighted by molar-refractivity contribution is -0.0413. The zero-order valence-electron chi connectivity index (χ0n) is 7.80. The van der Waals surface area contributed by atoms with Crippen molar-refractivity contribution in [3.05, 3.63) is 0 Å². The summed E-state index contributed by atoms with van der Waals surface area (Å²) in [4.78, 5) is 0. The average Bonchev–Trinajstić information content (AvgIpc) is 2.18. The molecule has 0 bridgehead atoms. The van der Waals surface area contributed by atoms with Gasteiger partial charge in [-0.1, -0.05) is 6.92 Å². The Kier molecular flexibility index (Phi) is 32.2. The van der Waals surface area contributed by atoms with Crippen LogP contribution in [-0.2, 0) is 0 Å². The molecule has 6 N–H and O–H groups in total. The van der Waals surface area contributed by atoms with Crippen LogP contribution in [0.1, 0.15) is 13.3 Å². The van der Waals surface area contributed by atoms with E-state index in [2.05, 4.69) is 0 Å². The first-order valence-corrected chi connectivity index (χ1v) is 3.90. The van der Waals surface area contributed by atoms with Gasteiger partial charge in [0, 0.05) is 0 Å². The van der Waals surface area contributed by atoms with E-state index < -0.39 is 6.29 Å². The highest BCUT2D eigenvalue weighted by atomic mass is 16.5. The Morgan fingerprint density at radius 1 is 0.769 bits per heavy atom. The molecule has 0 radical (unpaired) electrons. The maximum absolute atomic E-state index is 7.92. The summed E-state index contributed by atoms with van der Waals surface area (Å²) in [5, 5.41) is 46.3. The first kappa shape index (κ1) is 18.5. The van der Waals surface area contributed by atoms with E-state index in [1.165, 1.54) is 0 Å². The topological polar surface area (TPSA) is 121 Å². The highest BCUT2D eigenvalue weighted by Gasteiger charge is 1.83. The van der Waals surface area contributed by atoms with Gasteiger partial charge in [0.2, 0.25) is 0 Å². The van der Waals surface area contributed by atoms with Crippen LogP contribution in [-0.4, -0.2) is 63.4 Å². The molecule has 0 unspecified atom stereocenters. The van der Waals surface area contributed by atoms with Gasteiger partial charge in [-0.2, -0.15) is 0 Å². The summed E-state index contributed by atoms with van der Waals surface area (Å²) in [6.45, 7) is 1.20. The predicted octanol–water partition coefficient (Wildman–Crippen LogP) is -2.35. The molecule has 0 rings (SSSR count). The summed E-state index contributed by atoms with van der Waals surface area (Å²) >= 11 is 0. The quantitative estimate of drug-likeness (QED) is 0.284. The molecule has 0 aliphatic rings. The number of aliphatic hydroxyl groups excluding tert-OH is 5. The molecule has 0 fully saturated rings.